The van der Waals surface area contributed by atoms with E-state index in [0.717, 1.165) is 22.6 Å². The number of aromatic nitrogens is 1. The molecule has 0 unspecified atom stereocenters. The van der Waals surface area contributed by atoms with E-state index in [0.29, 0.717) is 5.56 Å². The molecule has 0 aliphatic heterocycles. The van der Waals surface area contributed by atoms with Crippen LogP contribution in [0.25, 0.3) is 5.69 Å². The number of nitrogens with one attached hydrogen (secondary N) is 1. The summed E-state index contributed by atoms with van der Waals surface area (Å²) in [7, 11) is 0. The maximum atomic E-state index is 12.5. The maximum Gasteiger partial charge on any atom is 0.271 e. The number of aromatic hydroxyl groups is 3. The van der Waals surface area contributed by atoms with Crippen LogP contribution in [0.5, 0.6) is 17.2 Å². The zero-order valence-corrected chi connectivity index (χ0v) is 15.8. The fourth-order valence-corrected chi connectivity index (χ4v) is 2.95. The van der Waals surface area contributed by atoms with Gasteiger partial charge in [0.2, 0.25) is 5.75 Å². The molecule has 2 aromatic carbocycles. The first-order valence-electron chi connectivity index (χ1n) is 8.63. The Morgan fingerprint density at radius 3 is 2.32 bits per heavy atom. The van der Waals surface area contributed by atoms with Gasteiger partial charge in [-0.05, 0) is 62.7 Å². The summed E-state index contributed by atoms with van der Waals surface area (Å²) in [6, 6.07) is 12.0. The van der Waals surface area contributed by atoms with Crippen LogP contribution in [0.15, 0.2) is 47.6 Å². The van der Waals surface area contributed by atoms with Gasteiger partial charge in [0.15, 0.2) is 11.5 Å². The van der Waals surface area contributed by atoms with Crippen molar-refractivity contribution >= 4 is 12.1 Å². The molecule has 0 radical (unpaired) electrons. The van der Waals surface area contributed by atoms with Gasteiger partial charge in [-0.15, -0.1) is 0 Å². The molecule has 0 spiro atoms. The average molecular weight is 379 g/mol. The topological polar surface area (TPSA) is 107 Å². The van der Waals surface area contributed by atoms with Gasteiger partial charge in [-0.25, -0.2) is 5.43 Å². The van der Waals surface area contributed by atoms with Crippen molar-refractivity contribution in [2.75, 3.05) is 0 Å². The minimum absolute atomic E-state index is 0.152. The molecule has 7 nitrogen and oxygen atoms in total. The molecule has 0 saturated carbocycles. The summed E-state index contributed by atoms with van der Waals surface area (Å²) in [4.78, 5) is 12.5. The molecular formula is C21H21N3O4. The van der Waals surface area contributed by atoms with Crippen LogP contribution in [0.4, 0.5) is 0 Å². The lowest BCUT2D eigenvalue weighted by Crippen LogP contribution is -2.18. The lowest BCUT2D eigenvalue weighted by atomic mass is 10.1. The van der Waals surface area contributed by atoms with Gasteiger partial charge in [-0.2, -0.15) is 5.10 Å². The second kappa shape index (κ2) is 7.48. The first-order chi connectivity index (χ1) is 13.3. The number of amides is 1. The summed E-state index contributed by atoms with van der Waals surface area (Å²) in [6.07, 6.45) is 1.18. The van der Waals surface area contributed by atoms with E-state index >= 15 is 0 Å². The van der Waals surface area contributed by atoms with Crippen LogP contribution in [-0.4, -0.2) is 32.0 Å². The van der Waals surface area contributed by atoms with E-state index in [9.17, 15) is 20.1 Å². The number of carbonyl (C=O) groups excluding carboxylic acids is 1. The largest absolute Gasteiger partial charge is 0.504 e. The van der Waals surface area contributed by atoms with Crippen molar-refractivity contribution in [2.24, 2.45) is 5.10 Å². The molecule has 0 bridgehead atoms. The summed E-state index contributed by atoms with van der Waals surface area (Å²) >= 11 is 0. The van der Waals surface area contributed by atoms with Crippen LogP contribution in [0.1, 0.15) is 32.9 Å². The standard InChI is InChI=1S/C21H21N3O4/c1-12-4-7-15(10-17(12)24-13(2)5-6-14(24)3)21(28)23-22-11-16-8-9-18(25)20(27)19(16)26/h4-11,25-27H,1-3H3,(H,23,28). The molecule has 144 valence electrons. The fraction of sp³-hybridized carbons (Fsp3) is 0.143. The number of benzene rings is 2. The van der Waals surface area contributed by atoms with Crippen LogP contribution in [0.3, 0.4) is 0 Å². The molecular weight excluding hydrogens is 358 g/mol. The number of aryl methyl sites for hydroxylation is 3. The minimum Gasteiger partial charge on any atom is -0.504 e. The van der Waals surface area contributed by atoms with E-state index in [1.165, 1.54) is 18.3 Å². The van der Waals surface area contributed by atoms with Crippen molar-refractivity contribution in [3.8, 4) is 22.9 Å². The number of phenolic OH excluding ortho intramolecular Hbond substituents is 3. The Labute approximate surface area is 162 Å². The molecule has 1 amide bonds. The van der Waals surface area contributed by atoms with Crippen molar-refractivity contribution < 1.29 is 20.1 Å². The summed E-state index contributed by atoms with van der Waals surface area (Å²) in [5, 5.41) is 32.4. The highest BCUT2D eigenvalue weighted by Gasteiger charge is 2.12. The third-order valence-corrected chi connectivity index (χ3v) is 4.51. The zero-order valence-electron chi connectivity index (χ0n) is 15.8. The van der Waals surface area contributed by atoms with Crippen molar-refractivity contribution in [3.63, 3.8) is 0 Å². The summed E-state index contributed by atoms with van der Waals surface area (Å²) in [5.74, 6) is -2.02. The number of phenols is 3. The molecule has 28 heavy (non-hydrogen) atoms. The van der Waals surface area contributed by atoms with Crippen molar-refractivity contribution in [2.45, 2.75) is 20.8 Å². The molecule has 7 heteroatoms. The minimum atomic E-state index is -0.643. The van der Waals surface area contributed by atoms with Crippen LogP contribution in [0.2, 0.25) is 0 Å². The smallest absolute Gasteiger partial charge is 0.271 e. The van der Waals surface area contributed by atoms with Crippen molar-refractivity contribution in [1.29, 1.82) is 0 Å². The van der Waals surface area contributed by atoms with Gasteiger partial charge in [-0.1, -0.05) is 6.07 Å². The molecule has 1 aromatic heterocycles. The molecule has 0 fully saturated rings. The third-order valence-electron chi connectivity index (χ3n) is 4.51. The molecule has 0 aliphatic carbocycles. The first-order valence-corrected chi connectivity index (χ1v) is 8.63. The molecule has 4 N–H and O–H groups in total. The fourth-order valence-electron chi connectivity index (χ4n) is 2.95. The predicted octanol–water partition coefficient (Wildman–Crippen LogP) is 3.28. The van der Waals surface area contributed by atoms with Crippen LogP contribution >= 0.6 is 0 Å². The van der Waals surface area contributed by atoms with E-state index in [1.54, 1.807) is 12.1 Å². The van der Waals surface area contributed by atoms with Crippen molar-refractivity contribution in [1.82, 2.24) is 9.99 Å². The van der Waals surface area contributed by atoms with Gasteiger partial charge < -0.3 is 19.9 Å². The number of carbonyl (C=O) groups is 1. The normalized spacial score (nSPS) is 11.1. The first kappa shape index (κ1) is 19.0. The number of nitrogens with zero attached hydrogens (tertiary/aromatic N) is 2. The third kappa shape index (κ3) is 3.55. The van der Waals surface area contributed by atoms with Gasteiger partial charge in [-0.3, -0.25) is 4.79 Å². The molecule has 3 aromatic rings. The van der Waals surface area contributed by atoms with E-state index in [1.807, 2.05) is 39.0 Å². The predicted molar refractivity (Wildman–Crippen MR) is 106 cm³/mol. The molecule has 3 rings (SSSR count). The van der Waals surface area contributed by atoms with Gasteiger partial charge in [0.1, 0.15) is 0 Å². The number of hydrogen-bond acceptors (Lipinski definition) is 5. The van der Waals surface area contributed by atoms with Gasteiger partial charge in [0.05, 0.1) is 6.21 Å². The Bertz CT molecular complexity index is 1060. The zero-order chi connectivity index (χ0) is 20.4. The van der Waals surface area contributed by atoms with E-state index in [-0.39, 0.29) is 5.56 Å². The molecule has 1 heterocycles. The second-order valence-electron chi connectivity index (χ2n) is 6.52. The van der Waals surface area contributed by atoms with Crippen molar-refractivity contribution in [3.05, 3.63) is 70.5 Å². The molecule has 0 saturated heterocycles. The highest BCUT2D eigenvalue weighted by atomic mass is 16.3. The Kier molecular flexibility index (Phi) is 5.08. The van der Waals surface area contributed by atoms with Gasteiger partial charge in [0, 0.05) is 28.2 Å². The van der Waals surface area contributed by atoms with Gasteiger partial charge in [0.25, 0.3) is 5.91 Å². The Morgan fingerprint density at radius 1 is 0.964 bits per heavy atom. The molecule has 0 aliphatic rings. The highest BCUT2D eigenvalue weighted by Crippen LogP contribution is 2.36. The van der Waals surface area contributed by atoms with Crippen LogP contribution in [0, 0.1) is 20.8 Å². The monoisotopic (exact) mass is 379 g/mol. The van der Waals surface area contributed by atoms with Crippen LogP contribution in [-0.2, 0) is 0 Å². The number of rotatable bonds is 4. The quantitative estimate of drug-likeness (QED) is 0.317. The highest BCUT2D eigenvalue weighted by molar-refractivity contribution is 5.96. The molecule has 0 atom stereocenters. The van der Waals surface area contributed by atoms with Gasteiger partial charge >= 0.3 is 0 Å². The summed E-state index contributed by atoms with van der Waals surface area (Å²) in [5.41, 5.74) is 7.07. The average Bonchev–Trinajstić information content (AvgIpc) is 3.00. The second-order valence-corrected chi connectivity index (χ2v) is 6.52. The summed E-state index contributed by atoms with van der Waals surface area (Å²) < 4.78 is 2.08. The van der Waals surface area contributed by atoms with E-state index < -0.39 is 23.2 Å². The summed E-state index contributed by atoms with van der Waals surface area (Å²) in [6.45, 7) is 5.99. The van der Waals surface area contributed by atoms with E-state index in [4.69, 9.17) is 0 Å². The Morgan fingerprint density at radius 2 is 1.64 bits per heavy atom. The number of hydrogen-bond donors (Lipinski definition) is 4. The van der Waals surface area contributed by atoms with Crippen LogP contribution < -0.4 is 5.43 Å². The Hall–Kier alpha value is -3.74. The lowest BCUT2D eigenvalue weighted by Gasteiger charge is -2.14. The van der Waals surface area contributed by atoms with E-state index in [2.05, 4.69) is 15.1 Å². The number of hydrazone groups is 1. The Balaban J connectivity index is 1.82. The lowest BCUT2D eigenvalue weighted by molar-refractivity contribution is 0.0955. The maximum absolute atomic E-state index is 12.5. The SMILES string of the molecule is Cc1ccc(C(=O)NN=Cc2ccc(O)c(O)c2O)cc1-n1c(C)ccc1C.